The summed E-state index contributed by atoms with van der Waals surface area (Å²) in [6.07, 6.45) is -1.13. The van der Waals surface area contributed by atoms with Gasteiger partial charge in [-0.2, -0.15) is 0 Å². The maximum Gasteiger partial charge on any atom is 0.149 e. The molecule has 1 atom stereocenters. The SMILES string of the molecule is OC(c1ccc(Br)c(Cl)c1)c1ccc(Br)c(Cl)c1F. The van der Waals surface area contributed by atoms with Crippen LogP contribution in [-0.4, -0.2) is 5.11 Å². The molecule has 1 N–H and O–H groups in total. The van der Waals surface area contributed by atoms with Crippen molar-refractivity contribution in [2.24, 2.45) is 0 Å². The van der Waals surface area contributed by atoms with Crippen molar-refractivity contribution in [3.8, 4) is 0 Å². The molecule has 0 fully saturated rings. The molecule has 0 aliphatic rings. The average molecular weight is 429 g/mol. The Morgan fingerprint density at radius 2 is 1.68 bits per heavy atom. The summed E-state index contributed by atoms with van der Waals surface area (Å²) in [5, 5.41) is 10.6. The van der Waals surface area contributed by atoms with Gasteiger partial charge in [0, 0.05) is 14.5 Å². The summed E-state index contributed by atoms with van der Waals surface area (Å²) in [6.45, 7) is 0. The number of aliphatic hydroxyl groups excluding tert-OH is 1. The molecule has 0 radical (unpaired) electrons. The zero-order chi connectivity index (χ0) is 14.2. The van der Waals surface area contributed by atoms with Crippen LogP contribution < -0.4 is 0 Å². The lowest BCUT2D eigenvalue weighted by Gasteiger charge is -2.14. The number of halogens is 5. The van der Waals surface area contributed by atoms with Crippen molar-refractivity contribution in [1.29, 1.82) is 0 Å². The highest BCUT2D eigenvalue weighted by Gasteiger charge is 2.19. The van der Waals surface area contributed by atoms with Crippen molar-refractivity contribution >= 4 is 55.1 Å². The van der Waals surface area contributed by atoms with Crippen LogP contribution >= 0.6 is 55.1 Å². The van der Waals surface area contributed by atoms with E-state index >= 15 is 0 Å². The highest BCUT2D eigenvalue weighted by molar-refractivity contribution is 9.10. The van der Waals surface area contributed by atoms with Crippen LogP contribution in [0.1, 0.15) is 17.2 Å². The molecule has 0 aromatic heterocycles. The Bertz CT molecular complexity index is 634. The molecule has 2 aromatic rings. The van der Waals surface area contributed by atoms with Gasteiger partial charge in [-0.3, -0.25) is 0 Å². The van der Waals surface area contributed by atoms with E-state index in [2.05, 4.69) is 31.9 Å². The van der Waals surface area contributed by atoms with Gasteiger partial charge in [-0.15, -0.1) is 0 Å². The maximum atomic E-state index is 14.0. The van der Waals surface area contributed by atoms with E-state index in [0.717, 1.165) is 0 Å². The third-order valence-electron chi connectivity index (χ3n) is 2.62. The first-order valence-electron chi connectivity index (χ1n) is 5.18. The van der Waals surface area contributed by atoms with Gasteiger partial charge in [0.2, 0.25) is 0 Å². The number of benzene rings is 2. The normalized spacial score (nSPS) is 12.5. The van der Waals surface area contributed by atoms with Crippen LogP contribution in [0.25, 0.3) is 0 Å². The summed E-state index contributed by atoms with van der Waals surface area (Å²) in [5.74, 6) is -0.650. The first-order valence-corrected chi connectivity index (χ1v) is 7.52. The van der Waals surface area contributed by atoms with Gasteiger partial charge >= 0.3 is 0 Å². The van der Waals surface area contributed by atoms with Crippen LogP contribution in [0.5, 0.6) is 0 Å². The first kappa shape index (κ1) is 15.3. The van der Waals surface area contributed by atoms with Crippen LogP contribution in [0.15, 0.2) is 39.3 Å². The third kappa shape index (κ3) is 3.14. The average Bonchev–Trinajstić information content (AvgIpc) is 2.39. The number of hydrogen-bond acceptors (Lipinski definition) is 1. The zero-order valence-corrected chi connectivity index (χ0v) is 14.0. The molecule has 2 rings (SSSR count). The zero-order valence-electron chi connectivity index (χ0n) is 9.30. The lowest BCUT2D eigenvalue weighted by Crippen LogP contribution is -2.03. The van der Waals surface area contributed by atoms with Crippen molar-refractivity contribution < 1.29 is 9.50 Å². The fraction of sp³-hybridized carbons (Fsp3) is 0.0769. The van der Waals surface area contributed by atoms with E-state index in [-0.39, 0.29) is 10.6 Å². The van der Waals surface area contributed by atoms with E-state index < -0.39 is 11.9 Å². The predicted molar refractivity (Wildman–Crippen MR) is 82.3 cm³/mol. The predicted octanol–water partition coefficient (Wildman–Crippen LogP) is 5.74. The summed E-state index contributed by atoms with van der Waals surface area (Å²) >= 11 is 18.1. The van der Waals surface area contributed by atoms with Gasteiger partial charge in [-0.05, 0) is 55.6 Å². The molecule has 0 saturated heterocycles. The van der Waals surface area contributed by atoms with Gasteiger partial charge in [0.05, 0.1) is 10.0 Å². The minimum absolute atomic E-state index is 0.0558. The Hall–Kier alpha value is -0.130. The fourth-order valence-corrected chi connectivity index (χ4v) is 2.53. The molecule has 0 spiro atoms. The van der Waals surface area contributed by atoms with Crippen LogP contribution in [0, 0.1) is 5.82 Å². The van der Waals surface area contributed by atoms with Gasteiger partial charge in [0.15, 0.2) is 0 Å². The van der Waals surface area contributed by atoms with Crippen LogP contribution in [0.3, 0.4) is 0 Å². The second kappa shape index (κ2) is 6.10. The quantitative estimate of drug-likeness (QED) is 0.605. The smallest absolute Gasteiger partial charge is 0.149 e. The van der Waals surface area contributed by atoms with Crippen molar-refractivity contribution in [2.45, 2.75) is 6.10 Å². The molecule has 2 aromatic carbocycles. The van der Waals surface area contributed by atoms with Gasteiger partial charge in [0.1, 0.15) is 11.9 Å². The minimum atomic E-state index is -1.13. The van der Waals surface area contributed by atoms with Crippen LogP contribution in [0.2, 0.25) is 10.0 Å². The second-order valence-corrected chi connectivity index (χ2v) is 6.33. The molecule has 0 saturated carbocycles. The topological polar surface area (TPSA) is 20.2 Å². The molecule has 0 heterocycles. The summed E-state index contributed by atoms with van der Waals surface area (Å²) in [7, 11) is 0. The van der Waals surface area contributed by atoms with E-state index in [1.807, 2.05) is 0 Å². The largest absolute Gasteiger partial charge is 0.384 e. The van der Waals surface area contributed by atoms with Crippen molar-refractivity contribution in [2.75, 3.05) is 0 Å². The molecular weight excluding hydrogens is 422 g/mol. The fourth-order valence-electron chi connectivity index (χ4n) is 1.61. The molecule has 100 valence electrons. The highest BCUT2D eigenvalue weighted by Crippen LogP contribution is 2.34. The molecule has 19 heavy (non-hydrogen) atoms. The number of aliphatic hydroxyl groups is 1. The third-order valence-corrected chi connectivity index (χ3v) is 5.11. The summed E-state index contributed by atoms with van der Waals surface area (Å²) in [4.78, 5) is 0. The van der Waals surface area contributed by atoms with Crippen LogP contribution in [0.4, 0.5) is 4.39 Å². The second-order valence-electron chi connectivity index (χ2n) is 3.84. The Labute approximate surface area is 136 Å². The highest BCUT2D eigenvalue weighted by atomic mass is 79.9. The Kier molecular flexibility index (Phi) is 4.90. The van der Waals surface area contributed by atoms with Crippen molar-refractivity contribution in [3.05, 3.63) is 66.3 Å². The molecule has 1 unspecified atom stereocenters. The number of hydrogen-bond donors (Lipinski definition) is 1. The van der Waals surface area contributed by atoms with Gasteiger partial charge in [0.25, 0.3) is 0 Å². The van der Waals surface area contributed by atoms with E-state index in [1.54, 1.807) is 24.3 Å². The molecule has 6 heteroatoms. The molecule has 0 aliphatic carbocycles. The van der Waals surface area contributed by atoms with E-state index in [0.29, 0.717) is 19.5 Å². The lowest BCUT2D eigenvalue weighted by molar-refractivity contribution is 0.215. The summed E-state index contributed by atoms with van der Waals surface area (Å²) in [6, 6.07) is 8.00. The van der Waals surface area contributed by atoms with E-state index in [1.165, 1.54) is 6.07 Å². The van der Waals surface area contributed by atoms with Crippen molar-refractivity contribution in [1.82, 2.24) is 0 Å². The summed E-state index contributed by atoms with van der Waals surface area (Å²) < 4.78 is 15.2. The van der Waals surface area contributed by atoms with Crippen molar-refractivity contribution in [3.63, 3.8) is 0 Å². The van der Waals surface area contributed by atoms with Gasteiger partial charge < -0.3 is 5.11 Å². The lowest BCUT2D eigenvalue weighted by atomic mass is 10.0. The molecule has 1 nitrogen and oxygen atoms in total. The number of rotatable bonds is 2. The van der Waals surface area contributed by atoms with Gasteiger partial charge in [-0.1, -0.05) is 35.3 Å². The van der Waals surface area contributed by atoms with E-state index in [9.17, 15) is 9.50 Å². The Morgan fingerprint density at radius 1 is 1.05 bits per heavy atom. The summed E-state index contributed by atoms with van der Waals surface area (Å²) in [5.41, 5.74) is 0.595. The molecular formula is C13H7Br2Cl2FO. The molecule has 0 amide bonds. The molecule has 0 bridgehead atoms. The van der Waals surface area contributed by atoms with E-state index in [4.69, 9.17) is 23.2 Å². The standard InChI is InChI=1S/C13H7Br2Cl2FO/c14-8-3-1-6(5-10(8)16)13(19)7-2-4-9(15)11(17)12(7)18/h1-5,13,19H. The Morgan fingerprint density at radius 3 is 2.32 bits per heavy atom. The van der Waals surface area contributed by atoms with Gasteiger partial charge in [-0.25, -0.2) is 4.39 Å². The minimum Gasteiger partial charge on any atom is -0.384 e. The first-order chi connectivity index (χ1) is 8.91. The maximum absolute atomic E-state index is 14.0. The Balaban J connectivity index is 2.47. The molecule has 0 aliphatic heterocycles. The monoisotopic (exact) mass is 426 g/mol. The van der Waals surface area contributed by atoms with Crippen LogP contribution in [-0.2, 0) is 0 Å².